The van der Waals surface area contributed by atoms with Gasteiger partial charge in [0.25, 0.3) is 0 Å². The summed E-state index contributed by atoms with van der Waals surface area (Å²) in [7, 11) is 0. The Hall–Kier alpha value is -2.62. The van der Waals surface area contributed by atoms with Crippen molar-refractivity contribution in [3.8, 4) is 6.07 Å². The lowest BCUT2D eigenvalue weighted by molar-refractivity contribution is -0.144. The first kappa shape index (κ1) is 12.4. The van der Waals surface area contributed by atoms with Gasteiger partial charge in [-0.05, 0) is 12.1 Å². The van der Waals surface area contributed by atoms with Gasteiger partial charge in [0.2, 0.25) is 0 Å². The number of nitriles is 1. The SMILES string of the molecule is N#Cc1cc(NC(CC(=O)O)C(=O)O)ccn1. The number of nitrogens with one attached hydrogen (secondary N) is 1. The molecule has 0 aliphatic heterocycles. The van der Waals surface area contributed by atoms with Gasteiger partial charge in [-0.2, -0.15) is 5.26 Å². The van der Waals surface area contributed by atoms with Crippen molar-refractivity contribution in [1.82, 2.24) is 4.98 Å². The molecule has 1 rings (SSSR count). The van der Waals surface area contributed by atoms with Crippen LogP contribution in [0.4, 0.5) is 5.69 Å². The largest absolute Gasteiger partial charge is 0.481 e. The molecule has 7 heteroatoms. The molecular weight excluding hydrogens is 226 g/mol. The molecule has 0 saturated carbocycles. The van der Waals surface area contributed by atoms with Gasteiger partial charge in [-0.15, -0.1) is 0 Å². The predicted molar refractivity (Wildman–Crippen MR) is 56.3 cm³/mol. The topological polar surface area (TPSA) is 123 Å². The fourth-order valence-electron chi connectivity index (χ4n) is 1.16. The van der Waals surface area contributed by atoms with E-state index in [-0.39, 0.29) is 5.69 Å². The Kier molecular flexibility index (Phi) is 4.00. The summed E-state index contributed by atoms with van der Waals surface area (Å²) in [5.41, 5.74) is 0.458. The van der Waals surface area contributed by atoms with Crippen LogP contribution in [0.2, 0.25) is 0 Å². The van der Waals surface area contributed by atoms with Crippen molar-refractivity contribution in [2.75, 3.05) is 5.32 Å². The number of carboxylic acids is 2. The smallest absolute Gasteiger partial charge is 0.326 e. The second kappa shape index (κ2) is 5.46. The van der Waals surface area contributed by atoms with E-state index in [9.17, 15) is 9.59 Å². The van der Waals surface area contributed by atoms with Gasteiger partial charge >= 0.3 is 11.9 Å². The zero-order chi connectivity index (χ0) is 12.8. The molecule has 0 bridgehead atoms. The van der Waals surface area contributed by atoms with E-state index in [1.54, 1.807) is 6.07 Å². The summed E-state index contributed by atoms with van der Waals surface area (Å²) < 4.78 is 0. The van der Waals surface area contributed by atoms with Crippen molar-refractivity contribution in [2.24, 2.45) is 0 Å². The minimum absolute atomic E-state index is 0.120. The van der Waals surface area contributed by atoms with E-state index in [4.69, 9.17) is 15.5 Å². The van der Waals surface area contributed by atoms with E-state index in [2.05, 4.69) is 10.3 Å². The van der Waals surface area contributed by atoms with Crippen LogP contribution in [0.3, 0.4) is 0 Å². The molecule has 1 unspecified atom stereocenters. The van der Waals surface area contributed by atoms with E-state index in [0.717, 1.165) is 0 Å². The number of hydrogen-bond donors (Lipinski definition) is 3. The molecule has 88 valence electrons. The maximum atomic E-state index is 10.8. The molecule has 0 spiro atoms. The zero-order valence-electron chi connectivity index (χ0n) is 8.62. The number of anilines is 1. The Labute approximate surface area is 96.3 Å². The summed E-state index contributed by atoms with van der Waals surface area (Å²) in [6, 6.07) is 3.35. The third kappa shape index (κ3) is 3.79. The number of nitrogens with zero attached hydrogens (tertiary/aromatic N) is 2. The van der Waals surface area contributed by atoms with E-state index in [1.807, 2.05) is 0 Å². The minimum Gasteiger partial charge on any atom is -0.481 e. The van der Waals surface area contributed by atoms with Crippen LogP contribution in [-0.4, -0.2) is 33.2 Å². The van der Waals surface area contributed by atoms with Crippen molar-refractivity contribution in [3.63, 3.8) is 0 Å². The van der Waals surface area contributed by atoms with Crippen LogP contribution in [0.1, 0.15) is 12.1 Å². The number of aromatic nitrogens is 1. The van der Waals surface area contributed by atoms with Gasteiger partial charge < -0.3 is 15.5 Å². The third-order valence-electron chi connectivity index (χ3n) is 1.89. The molecule has 0 aliphatic rings. The lowest BCUT2D eigenvalue weighted by Gasteiger charge is -2.13. The van der Waals surface area contributed by atoms with E-state index in [0.29, 0.717) is 5.69 Å². The van der Waals surface area contributed by atoms with Gasteiger partial charge in [0.05, 0.1) is 6.42 Å². The van der Waals surface area contributed by atoms with Crippen LogP contribution in [-0.2, 0) is 9.59 Å². The van der Waals surface area contributed by atoms with Crippen LogP contribution in [0, 0.1) is 11.3 Å². The molecule has 0 radical (unpaired) electrons. The highest BCUT2D eigenvalue weighted by molar-refractivity contribution is 5.83. The van der Waals surface area contributed by atoms with Gasteiger partial charge in [-0.25, -0.2) is 9.78 Å². The van der Waals surface area contributed by atoms with E-state index in [1.165, 1.54) is 18.3 Å². The summed E-state index contributed by atoms with van der Waals surface area (Å²) in [6.45, 7) is 0. The summed E-state index contributed by atoms with van der Waals surface area (Å²) in [6.07, 6.45) is 0.778. The maximum absolute atomic E-state index is 10.8. The summed E-state index contributed by atoms with van der Waals surface area (Å²) in [5.74, 6) is -2.50. The fraction of sp³-hybridized carbons (Fsp3) is 0.200. The molecule has 3 N–H and O–H groups in total. The normalized spacial score (nSPS) is 11.2. The molecule has 1 heterocycles. The second-order valence-electron chi connectivity index (χ2n) is 3.17. The van der Waals surface area contributed by atoms with Gasteiger partial charge in [0, 0.05) is 11.9 Å². The standard InChI is InChI=1S/C10H9N3O4/c11-5-7-3-6(1-2-12-7)13-8(10(16)17)4-9(14)15/h1-3,8H,4H2,(H,12,13)(H,14,15)(H,16,17). The molecule has 0 aromatic carbocycles. The van der Waals surface area contributed by atoms with Gasteiger partial charge in [0.15, 0.2) is 0 Å². The molecule has 1 aromatic rings. The van der Waals surface area contributed by atoms with Gasteiger partial charge in [0.1, 0.15) is 17.8 Å². The lowest BCUT2D eigenvalue weighted by Crippen LogP contribution is -2.31. The molecule has 0 saturated heterocycles. The molecule has 0 aliphatic carbocycles. The second-order valence-corrected chi connectivity index (χ2v) is 3.17. The highest BCUT2D eigenvalue weighted by Gasteiger charge is 2.20. The average Bonchev–Trinajstić information content (AvgIpc) is 2.27. The Morgan fingerprint density at radius 1 is 1.53 bits per heavy atom. The zero-order valence-corrected chi connectivity index (χ0v) is 8.62. The summed E-state index contributed by atoms with van der Waals surface area (Å²) in [4.78, 5) is 25.0. The van der Waals surface area contributed by atoms with Gasteiger partial charge in [-0.1, -0.05) is 0 Å². The van der Waals surface area contributed by atoms with Crippen molar-refractivity contribution in [2.45, 2.75) is 12.5 Å². The van der Waals surface area contributed by atoms with Crippen LogP contribution in [0.5, 0.6) is 0 Å². The lowest BCUT2D eigenvalue weighted by atomic mass is 10.2. The molecule has 0 fully saturated rings. The first-order valence-corrected chi connectivity index (χ1v) is 4.60. The Bertz CT molecular complexity index is 481. The first-order chi connectivity index (χ1) is 8.02. The molecule has 0 amide bonds. The maximum Gasteiger partial charge on any atom is 0.326 e. The van der Waals surface area contributed by atoms with Crippen LogP contribution >= 0.6 is 0 Å². The summed E-state index contributed by atoms with van der Waals surface area (Å²) >= 11 is 0. The Morgan fingerprint density at radius 3 is 2.76 bits per heavy atom. The number of aliphatic carboxylic acids is 2. The van der Waals surface area contributed by atoms with Gasteiger partial charge in [-0.3, -0.25) is 4.79 Å². The quantitative estimate of drug-likeness (QED) is 0.670. The molecular formula is C10H9N3O4. The molecule has 7 nitrogen and oxygen atoms in total. The molecule has 17 heavy (non-hydrogen) atoms. The fourth-order valence-corrected chi connectivity index (χ4v) is 1.16. The van der Waals surface area contributed by atoms with Crippen molar-refractivity contribution in [3.05, 3.63) is 24.0 Å². The van der Waals surface area contributed by atoms with Crippen molar-refractivity contribution < 1.29 is 19.8 Å². The van der Waals surface area contributed by atoms with Crippen molar-refractivity contribution >= 4 is 17.6 Å². The van der Waals surface area contributed by atoms with E-state index < -0.39 is 24.4 Å². The van der Waals surface area contributed by atoms with Crippen LogP contribution < -0.4 is 5.32 Å². The van der Waals surface area contributed by atoms with Crippen molar-refractivity contribution in [1.29, 1.82) is 5.26 Å². The van der Waals surface area contributed by atoms with Crippen LogP contribution in [0.15, 0.2) is 18.3 Å². The number of carbonyl (C=O) groups is 2. The number of rotatable bonds is 5. The van der Waals surface area contributed by atoms with Crippen LogP contribution in [0.25, 0.3) is 0 Å². The number of hydrogen-bond acceptors (Lipinski definition) is 5. The monoisotopic (exact) mass is 235 g/mol. The van der Waals surface area contributed by atoms with E-state index >= 15 is 0 Å². The highest BCUT2D eigenvalue weighted by Crippen LogP contribution is 2.10. The molecule has 1 aromatic heterocycles. The predicted octanol–water partition coefficient (Wildman–Crippen LogP) is 0.293. The number of carboxylic acid groups (broad SMARTS) is 2. The summed E-state index contributed by atoms with van der Waals surface area (Å²) in [5, 5.41) is 28.5. The molecule has 1 atom stereocenters. The Morgan fingerprint density at radius 2 is 2.24 bits per heavy atom. The third-order valence-corrected chi connectivity index (χ3v) is 1.89. The minimum atomic E-state index is -1.28. The average molecular weight is 235 g/mol. The number of pyridine rings is 1. The first-order valence-electron chi connectivity index (χ1n) is 4.60. The Balaban J connectivity index is 2.82. The highest BCUT2D eigenvalue weighted by atomic mass is 16.4.